The number of hydrogen-bond donors (Lipinski definition) is 0. The molecule has 8 bridgehead atoms. The molecule has 2 aliphatic heterocycles. The third kappa shape index (κ3) is 6.12. The first-order valence-corrected chi connectivity index (χ1v) is 19.0. The second-order valence-electron chi connectivity index (χ2n) is 17.2. The summed E-state index contributed by atoms with van der Waals surface area (Å²) < 4.78 is 1.08. The van der Waals surface area contributed by atoms with Crippen LogP contribution in [0.4, 0.5) is 0 Å². The number of halogens is 1. The van der Waals surface area contributed by atoms with Gasteiger partial charge in [-0.25, -0.2) is 9.97 Å². The zero-order chi connectivity index (χ0) is 37.2. The summed E-state index contributed by atoms with van der Waals surface area (Å²) in [6.45, 7) is 19.9. The number of rotatable bonds is 0. The Balaban J connectivity index is 0.00000413. The molecule has 2 aliphatic rings. The molecule has 271 valence electrons. The van der Waals surface area contributed by atoms with E-state index in [9.17, 15) is 0 Å². The molecule has 0 saturated carbocycles. The Morgan fingerprint density at radius 1 is 0.389 bits per heavy atom. The van der Waals surface area contributed by atoms with E-state index in [4.69, 9.17) is 39.9 Å². The standard InChI is InChI=1S/C44H39IN8.Co/c1-42(2,3)22-10-14-26-30(18-22)38-47-34(26)46-35-27-15-11-24(44(7,8)9)20-32(27)40(48-35)53-41-33-21-25(45)13-17-29(33)37(52-41)51-39-31-19-23(43(4,5)6)12-16-28(31)36(49-38)50-39;/h10-21H,1-9H3;/q-2;+2. The minimum absolute atomic E-state index is 0. The molecule has 0 amide bonds. The van der Waals surface area contributed by atoms with Crippen molar-refractivity contribution < 1.29 is 16.8 Å². The van der Waals surface area contributed by atoms with Crippen LogP contribution in [-0.2, 0) is 33.0 Å². The summed E-state index contributed by atoms with van der Waals surface area (Å²) in [5.74, 6) is 2.23. The molecule has 7 aromatic rings. The van der Waals surface area contributed by atoms with Crippen LogP contribution in [-0.4, -0.2) is 29.9 Å². The summed E-state index contributed by atoms with van der Waals surface area (Å²) in [5.41, 5.74) is 9.18. The molecule has 9 rings (SSSR count). The van der Waals surface area contributed by atoms with Crippen molar-refractivity contribution >= 4 is 66.7 Å². The average Bonchev–Trinajstić information content (AvgIpc) is 3.81. The first-order chi connectivity index (χ1) is 25.0. The molecule has 8 nitrogen and oxygen atoms in total. The van der Waals surface area contributed by atoms with Crippen molar-refractivity contribution in [3.63, 3.8) is 0 Å². The van der Waals surface area contributed by atoms with Crippen LogP contribution < -0.4 is 9.97 Å². The van der Waals surface area contributed by atoms with Crippen molar-refractivity contribution in [3.05, 3.63) is 93.1 Å². The second-order valence-corrected chi connectivity index (χ2v) is 18.4. The molecule has 0 atom stereocenters. The van der Waals surface area contributed by atoms with Gasteiger partial charge in [-0.3, -0.25) is 0 Å². The number of benzene rings is 4. The molecule has 54 heavy (non-hydrogen) atoms. The molecular formula is C44H39CoIN8. The van der Waals surface area contributed by atoms with Gasteiger partial charge < -0.3 is 29.9 Å². The SMILES string of the molecule is CC(C)(C)c1ccc2c(c1)-c1nc-2nc2[n-]c(nc3nc(nc4[n-]c(n1)c1ccc(C(C)(C)C)cc41)-c1ccc(I)cc1-3)c1cc(C(C)(C)C)ccc21.[Co+2]. The van der Waals surface area contributed by atoms with E-state index in [0.29, 0.717) is 45.9 Å². The van der Waals surface area contributed by atoms with E-state index < -0.39 is 0 Å². The number of fused-ring (bicyclic) bond motifs is 20. The summed E-state index contributed by atoms with van der Waals surface area (Å²) in [6.07, 6.45) is 0. The Bertz CT molecular complexity index is 2870. The molecule has 0 saturated heterocycles. The molecule has 10 heteroatoms. The van der Waals surface area contributed by atoms with Gasteiger partial charge in [-0.05, 0) is 107 Å². The van der Waals surface area contributed by atoms with Gasteiger partial charge in [0.2, 0.25) is 0 Å². The topological polar surface area (TPSA) is 106 Å². The van der Waals surface area contributed by atoms with Gasteiger partial charge in [-0.2, -0.15) is 0 Å². The van der Waals surface area contributed by atoms with E-state index >= 15 is 0 Å². The molecule has 1 radical (unpaired) electrons. The van der Waals surface area contributed by atoms with Crippen molar-refractivity contribution in [3.8, 4) is 45.6 Å². The van der Waals surface area contributed by atoms with Gasteiger partial charge >= 0.3 is 16.8 Å². The predicted octanol–water partition coefficient (Wildman–Crippen LogP) is 10.6. The van der Waals surface area contributed by atoms with Gasteiger partial charge in [0.05, 0.1) is 23.3 Å². The predicted molar refractivity (Wildman–Crippen MR) is 223 cm³/mol. The van der Waals surface area contributed by atoms with Crippen molar-refractivity contribution in [1.29, 1.82) is 0 Å². The van der Waals surface area contributed by atoms with Crippen LogP contribution in [0.2, 0.25) is 0 Å². The fourth-order valence-corrected chi connectivity index (χ4v) is 7.53. The second kappa shape index (κ2) is 12.5. The summed E-state index contributed by atoms with van der Waals surface area (Å²) in [4.78, 5) is 41.2. The zero-order valence-electron chi connectivity index (χ0n) is 31.7. The minimum Gasteiger partial charge on any atom is -0.357 e. The molecule has 4 aromatic carbocycles. The van der Waals surface area contributed by atoms with E-state index in [1.807, 2.05) is 0 Å². The molecule has 0 spiro atoms. The van der Waals surface area contributed by atoms with E-state index in [1.165, 1.54) is 16.7 Å². The first kappa shape index (κ1) is 36.5. The van der Waals surface area contributed by atoms with Gasteiger partial charge in [0, 0.05) is 48.4 Å². The Labute approximate surface area is 338 Å². The smallest absolute Gasteiger partial charge is 0.357 e. The van der Waals surface area contributed by atoms with E-state index in [1.54, 1.807) is 0 Å². The fraction of sp³-hybridized carbons (Fsp3) is 0.273. The number of aromatic nitrogens is 8. The van der Waals surface area contributed by atoms with Gasteiger partial charge in [-0.15, -0.1) is 0 Å². The fourth-order valence-electron chi connectivity index (χ4n) is 7.03. The van der Waals surface area contributed by atoms with Crippen molar-refractivity contribution in [1.82, 2.24) is 39.9 Å². The summed E-state index contributed by atoms with van der Waals surface area (Å²) in [6, 6.07) is 25.6. The van der Waals surface area contributed by atoms with Crippen LogP contribution in [0.3, 0.4) is 0 Å². The maximum atomic E-state index is 5.21. The monoisotopic (exact) mass is 865 g/mol. The van der Waals surface area contributed by atoms with Crippen molar-refractivity contribution in [2.75, 3.05) is 0 Å². The molecule has 5 heterocycles. The maximum absolute atomic E-state index is 5.21. The molecule has 0 N–H and O–H groups in total. The van der Waals surface area contributed by atoms with E-state index in [0.717, 1.165) is 47.4 Å². The number of hydrogen-bond acceptors (Lipinski definition) is 6. The quantitative estimate of drug-likeness (QED) is 0.139. The third-order valence-corrected chi connectivity index (χ3v) is 10.9. The van der Waals surface area contributed by atoms with E-state index in [-0.39, 0.29) is 33.0 Å². The van der Waals surface area contributed by atoms with Gasteiger partial charge in [-0.1, -0.05) is 105 Å². The van der Waals surface area contributed by atoms with Gasteiger partial charge in [0.1, 0.15) is 0 Å². The van der Waals surface area contributed by atoms with E-state index in [2.05, 4.69) is 158 Å². The van der Waals surface area contributed by atoms with Crippen LogP contribution in [0.15, 0.2) is 72.8 Å². The summed E-state index contributed by atoms with van der Waals surface area (Å²) >= 11 is 2.33. The average molecular weight is 866 g/mol. The summed E-state index contributed by atoms with van der Waals surface area (Å²) in [5, 5.41) is 3.64. The van der Waals surface area contributed by atoms with Crippen LogP contribution in [0.1, 0.15) is 79.0 Å². The van der Waals surface area contributed by atoms with Crippen LogP contribution in [0.25, 0.3) is 89.7 Å². The normalized spacial score (nSPS) is 12.9. The van der Waals surface area contributed by atoms with Crippen LogP contribution in [0.5, 0.6) is 0 Å². The third-order valence-electron chi connectivity index (χ3n) is 10.3. The van der Waals surface area contributed by atoms with Crippen molar-refractivity contribution in [2.24, 2.45) is 0 Å². The molecule has 0 unspecified atom stereocenters. The maximum Gasteiger partial charge on any atom is 2.00 e. The molecular weight excluding hydrogens is 826 g/mol. The van der Waals surface area contributed by atoms with Crippen LogP contribution >= 0.6 is 22.6 Å². The van der Waals surface area contributed by atoms with Gasteiger partial charge in [0.15, 0.2) is 0 Å². The Morgan fingerprint density at radius 2 is 0.741 bits per heavy atom. The Morgan fingerprint density at radius 3 is 1.19 bits per heavy atom. The molecule has 0 aliphatic carbocycles. The zero-order valence-corrected chi connectivity index (χ0v) is 34.9. The Kier molecular flexibility index (Phi) is 8.44. The molecule has 3 aromatic heterocycles. The minimum atomic E-state index is -0.0768. The molecule has 0 fully saturated rings. The van der Waals surface area contributed by atoms with Crippen LogP contribution in [0, 0.1) is 3.57 Å². The number of nitrogens with zero attached hydrogens (tertiary/aromatic N) is 8. The van der Waals surface area contributed by atoms with Gasteiger partial charge in [0.25, 0.3) is 0 Å². The Hall–Kier alpha value is -4.52. The first-order valence-electron chi connectivity index (χ1n) is 18.0. The largest absolute Gasteiger partial charge is 2.00 e. The van der Waals surface area contributed by atoms with Crippen molar-refractivity contribution in [2.45, 2.75) is 78.6 Å². The summed E-state index contributed by atoms with van der Waals surface area (Å²) in [7, 11) is 0.